The van der Waals surface area contributed by atoms with Gasteiger partial charge in [-0.3, -0.25) is 0 Å². The summed E-state index contributed by atoms with van der Waals surface area (Å²) < 4.78 is 13.0. The quantitative estimate of drug-likeness (QED) is 0.861. The number of hydrogen-bond acceptors (Lipinski definition) is 4. The van der Waals surface area contributed by atoms with Gasteiger partial charge in [-0.2, -0.15) is 0 Å². The van der Waals surface area contributed by atoms with Crippen LogP contribution in [0.15, 0.2) is 35.4 Å². The first-order valence-corrected chi connectivity index (χ1v) is 7.04. The lowest BCUT2D eigenvalue weighted by Crippen LogP contribution is -2.01. The van der Waals surface area contributed by atoms with Gasteiger partial charge in [-0.1, -0.05) is 6.07 Å². The lowest BCUT2D eigenvalue weighted by Gasteiger charge is -1.99. The highest BCUT2D eigenvalue weighted by Gasteiger charge is 2.06. The summed E-state index contributed by atoms with van der Waals surface area (Å²) in [6.07, 6.45) is 1.82. The number of aromatic nitrogens is 1. The molecular weight excluding hydrogens is 255 g/mol. The largest absolute Gasteiger partial charge is 0.323 e. The summed E-state index contributed by atoms with van der Waals surface area (Å²) in [5.41, 5.74) is 5.77. The molecule has 0 aliphatic heterocycles. The molecule has 17 heavy (non-hydrogen) atoms. The van der Waals surface area contributed by atoms with Gasteiger partial charge in [0.25, 0.3) is 0 Å². The number of nitrogens with zero attached hydrogens (tertiary/aromatic N) is 1. The second-order valence-electron chi connectivity index (χ2n) is 3.69. The molecule has 2 aromatic rings. The zero-order valence-electron chi connectivity index (χ0n) is 9.39. The van der Waals surface area contributed by atoms with Crippen molar-refractivity contribution in [2.45, 2.75) is 23.6 Å². The van der Waals surface area contributed by atoms with Crippen molar-refractivity contribution in [2.24, 2.45) is 5.73 Å². The molecule has 1 aromatic carbocycles. The summed E-state index contributed by atoms with van der Waals surface area (Å²) in [5, 5.41) is 1.02. The van der Waals surface area contributed by atoms with E-state index in [4.69, 9.17) is 5.73 Å². The Labute approximate surface area is 108 Å². The van der Waals surface area contributed by atoms with E-state index in [0.717, 1.165) is 20.5 Å². The average Bonchev–Trinajstić information content (AvgIpc) is 2.75. The third-order valence-electron chi connectivity index (χ3n) is 2.18. The molecule has 2 rings (SSSR count). The monoisotopic (exact) mass is 268 g/mol. The first kappa shape index (κ1) is 12.5. The number of rotatable bonds is 4. The molecule has 1 unspecified atom stereocenters. The molecule has 0 radical (unpaired) electrons. The van der Waals surface area contributed by atoms with Crippen molar-refractivity contribution in [1.82, 2.24) is 4.98 Å². The van der Waals surface area contributed by atoms with Crippen LogP contribution in [0, 0.1) is 5.82 Å². The molecule has 2 nitrogen and oxygen atoms in total. The fourth-order valence-electron chi connectivity index (χ4n) is 1.30. The molecule has 0 aliphatic rings. The molecule has 1 aromatic heterocycles. The molecule has 1 atom stereocenters. The van der Waals surface area contributed by atoms with Crippen LogP contribution in [0.3, 0.4) is 0 Å². The van der Waals surface area contributed by atoms with Gasteiger partial charge >= 0.3 is 0 Å². The number of thiazole rings is 1. The van der Waals surface area contributed by atoms with Gasteiger partial charge in [0.05, 0.1) is 5.75 Å². The highest BCUT2D eigenvalue weighted by Crippen LogP contribution is 2.27. The second kappa shape index (κ2) is 5.62. The Morgan fingerprint density at radius 1 is 1.53 bits per heavy atom. The van der Waals surface area contributed by atoms with Crippen molar-refractivity contribution in [3.8, 4) is 0 Å². The Morgan fingerprint density at radius 3 is 3.00 bits per heavy atom. The maximum Gasteiger partial charge on any atom is 0.124 e. The van der Waals surface area contributed by atoms with Crippen LogP contribution in [0.25, 0.3) is 0 Å². The average molecular weight is 268 g/mol. The standard InChI is InChI=1S/C12H13FN2S2/c1-8(14)11-6-15-12(17-11)7-16-10-4-2-3-9(13)5-10/h2-6,8H,7,14H2,1H3. The highest BCUT2D eigenvalue weighted by atomic mass is 32.2. The van der Waals surface area contributed by atoms with Gasteiger partial charge in [-0.25, -0.2) is 9.37 Å². The maximum absolute atomic E-state index is 13.0. The maximum atomic E-state index is 13.0. The molecule has 90 valence electrons. The summed E-state index contributed by atoms with van der Waals surface area (Å²) in [6.45, 7) is 1.94. The van der Waals surface area contributed by atoms with Crippen LogP contribution < -0.4 is 5.73 Å². The molecule has 0 bridgehead atoms. The number of halogens is 1. The van der Waals surface area contributed by atoms with Gasteiger partial charge in [-0.05, 0) is 25.1 Å². The van der Waals surface area contributed by atoms with Crippen molar-refractivity contribution in [3.63, 3.8) is 0 Å². The van der Waals surface area contributed by atoms with E-state index >= 15 is 0 Å². The first-order chi connectivity index (χ1) is 8.15. The molecule has 0 saturated heterocycles. The number of hydrogen-bond donors (Lipinski definition) is 1. The van der Waals surface area contributed by atoms with E-state index in [1.807, 2.05) is 19.2 Å². The minimum atomic E-state index is -0.203. The van der Waals surface area contributed by atoms with E-state index in [-0.39, 0.29) is 11.9 Å². The van der Waals surface area contributed by atoms with Crippen LogP contribution in [0.5, 0.6) is 0 Å². The fraction of sp³-hybridized carbons (Fsp3) is 0.250. The zero-order valence-corrected chi connectivity index (χ0v) is 11.0. The molecule has 0 fully saturated rings. The Hall–Kier alpha value is -0.910. The summed E-state index contributed by atoms with van der Waals surface area (Å²) in [5.74, 6) is 0.548. The van der Waals surface area contributed by atoms with E-state index < -0.39 is 0 Å². The van der Waals surface area contributed by atoms with Crippen molar-refractivity contribution in [2.75, 3.05) is 0 Å². The predicted molar refractivity (Wildman–Crippen MR) is 70.7 cm³/mol. The van der Waals surface area contributed by atoms with Crippen LogP contribution in [0.2, 0.25) is 0 Å². The molecule has 0 spiro atoms. The van der Waals surface area contributed by atoms with Gasteiger partial charge in [0, 0.05) is 22.0 Å². The van der Waals surface area contributed by atoms with Gasteiger partial charge < -0.3 is 5.73 Å². The Balaban J connectivity index is 1.97. The van der Waals surface area contributed by atoms with Crippen molar-refractivity contribution < 1.29 is 4.39 Å². The van der Waals surface area contributed by atoms with Crippen LogP contribution in [0.1, 0.15) is 22.9 Å². The van der Waals surface area contributed by atoms with E-state index in [1.54, 1.807) is 29.2 Å². The zero-order chi connectivity index (χ0) is 12.3. The summed E-state index contributed by atoms with van der Waals surface area (Å²) in [6, 6.07) is 6.62. The SMILES string of the molecule is CC(N)c1cnc(CSc2cccc(F)c2)s1. The van der Waals surface area contributed by atoms with E-state index in [2.05, 4.69) is 4.98 Å². The molecular formula is C12H13FN2S2. The van der Waals surface area contributed by atoms with E-state index in [1.165, 1.54) is 12.1 Å². The van der Waals surface area contributed by atoms with Crippen molar-refractivity contribution in [1.29, 1.82) is 0 Å². The summed E-state index contributed by atoms with van der Waals surface area (Å²) >= 11 is 3.19. The molecule has 0 saturated carbocycles. The van der Waals surface area contributed by atoms with Gasteiger partial charge in [0.2, 0.25) is 0 Å². The van der Waals surface area contributed by atoms with Crippen LogP contribution in [0.4, 0.5) is 4.39 Å². The van der Waals surface area contributed by atoms with Crippen LogP contribution in [-0.2, 0) is 5.75 Å². The third kappa shape index (κ3) is 3.52. The Kier molecular flexibility index (Phi) is 4.15. The summed E-state index contributed by atoms with van der Waals surface area (Å²) in [7, 11) is 0. The molecule has 2 N–H and O–H groups in total. The Bertz CT molecular complexity index is 497. The van der Waals surface area contributed by atoms with Crippen LogP contribution >= 0.6 is 23.1 Å². The Morgan fingerprint density at radius 2 is 2.35 bits per heavy atom. The fourth-order valence-corrected chi connectivity index (χ4v) is 3.12. The van der Waals surface area contributed by atoms with Crippen LogP contribution in [-0.4, -0.2) is 4.98 Å². The predicted octanol–water partition coefficient (Wildman–Crippen LogP) is 3.59. The van der Waals surface area contributed by atoms with Gasteiger partial charge in [0.1, 0.15) is 10.8 Å². The second-order valence-corrected chi connectivity index (χ2v) is 5.89. The molecule has 0 aliphatic carbocycles. The lowest BCUT2D eigenvalue weighted by molar-refractivity contribution is 0.624. The molecule has 1 heterocycles. The minimum Gasteiger partial charge on any atom is -0.323 e. The topological polar surface area (TPSA) is 38.9 Å². The minimum absolute atomic E-state index is 0.0282. The normalized spacial score (nSPS) is 12.6. The van der Waals surface area contributed by atoms with Gasteiger partial charge in [-0.15, -0.1) is 23.1 Å². The smallest absolute Gasteiger partial charge is 0.124 e. The van der Waals surface area contributed by atoms with Crippen molar-refractivity contribution in [3.05, 3.63) is 46.2 Å². The summed E-state index contributed by atoms with van der Waals surface area (Å²) in [4.78, 5) is 6.30. The molecule has 5 heteroatoms. The number of nitrogens with two attached hydrogens (primary N) is 1. The third-order valence-corrected chi connectivity index (χ3v) is 4.56. The van der Waals surface area contributed by atoms with E-state index in [9.17, 15) is 4.39 Å². The van der Waals surface area contributed by atoms with Crippen molar-refractivity contribution >= 4 is 23.1 Å². The van der Waals surface area contributed by atoms with Gasteiger partial charge in [0.15, 0.2) is 0 Å². The number of thioether (sulfide) groups is 1. The number of benzene rings is 1. The lowest BCUT2D eigenvalue weighted by atomic mass is 10.3. The molecule has 0 amide bonds. The first-order valence-electron chi connectivity index (χ1n) is 5.23. The highest BCUT2D eigenvalue weighted by molar-refractivity contribution is 7.98. The van der Waals surface area contributed by atoms with E-state index in [0.29, 0.717) is 0 Å².